The van der Waals surface area contributed by atoms with E-state index in [4.69, 9.17) is 0 Å². The summed E-state index contributed by atoms with van der Waals surface area (Å²) < 4.78 is 18.4. The van der Waals surface area contributed by atoms with Gasteiger partial charge in [0.25, 0.3) is 0 Å². The minimum atomic E-state index is -0.697. The molecule has 1 heterocycles. The zero-order chi connectivity index (χ0) is 15.6. The molecule has 0 spiro atoms. The van der Waals surface area contributed by atoms with Crippen molar-refractivity contribution in [3.8, 4) is 0 Å². The predicted molar refractivity (Wildman–Crippen MR) is 75.2 cm³/mol. The fourth-order valence-corrected chi connectivity index (χ4v) is 2.37. The largest absolute Gasteiger partial charge is 0.465 e. The van der Waals surface area contributed by atoms with E-state index in [1.165, 1.54) is 19.2 Å². The number of nitrogens with zero attached hydrogens (tertiary/aromatic N) is 1. The molecular formula is C15H19FN2O3. The van der Waals surface area contributed by atoms with Crippen molar-refractivity contribution in [2.45, 2.75) is 25.9 Å². The molecule has 6 heteroatoms. The molecule has 1 aromatic carbocycles. The number of carbonyl (C=O) groups is 2. The summed E-state index contributed by atoms with van der Waals surface area (Å²) >= 11 is 0. The molecule has 1 aliphatic rings. The summed E-state index contributed by atoms with van der Waals surface area (Å²) in [4.78, 5) is 25.2. The molecule has 0 unspecified atom stereocenters. The number of rotatable bonds is 3. The molecule has 1 N–H and O–H groups in total. The number of amides is 1. The molecule has 1 aromatic rings. The van der Waals surface area contributed by atoms with Crippen LogP contribution in [0.5, 0.6) is 0 Å². The van der Waals surface area contributed by atoms with Crippen molar-refractivity contribution < 1.29 is 18.7 Å². The molecule has 1 fully saturated rings. The van der Waals surface area contributed by atoms with Crippen molar-refractivity contribution in [1.29, 1.82) is 0 Å². The lowest BCUT2D eigenvalue weighted by Crippen LogP contribution is -2.61. The van der Waals surface area contributed by atoms with E-state index in [-0.39, 0.29) is 11.5 Å². The number of piperazine rings is 1. The highest BCUT2D eigenvalue weighted by atomic mass is 19.1. The Bertz CT molecular complexity index is 572. The van der Waals surface area contributed by atoms with Gasteiger partial charge in [0, 0.05) is 19.6 Å². The Morgan fingerprint density at radius 1 is 1.48 bits per heavy atom. The number of esters is 1. The van der Waals surface area contributed by atoms with Crippen molar-refractivity contribution >= 4 is 11.9 Å². The normalized spacial score (nSPS) is 18.2. The molecule has 0 radical (unpaired) electrons. The number of benzene rings is 1. The smallest absolute Gasteiger partial charge is 0.340 e. The van der Waals surface area contributed by atoms with E-state index < -0.39 is 17.3 Å². The summed E-state index contributed by atoms with van der Waals surface area (Å²) in [6, 6.07) is 4.40. The van der Waals surface area contributed by atoms with Gasteiger partial charge >= 0.3 is 5.97 Å². The van der Waals surface area contributed by atoms with Crippen LogP contribution in [-0.2, 0) is 16.1 Å². The number of carbonyl (C=O) groups excluding carboxylic acids is 2. The molecule has 0 atom stereocenters. The number of halogens is 1. The van der Waals surface area contributed by atoms with Crippen LogP contribution < -0.4 is 5.32 Å². The quantitative estimate of drug-likeness (QED) is 0.854. The minimum absolute atomic E-state index is 0.0413. The van der Waals surface area contributed by atoms with Gasteiger partial charge in [-0.2, -0.15) is 0 Å². The first-order chi connectivity index (χ1) is 9.86. The first kappa shape index (κ1) is 15.4. The molecule has 1 aliphatic heterocycles. The summed E-state index contributed by atoms with van der Waals surface area (Å²) in [6.45, 7) is 5.38. The van der Waals surface area contributed by atoms with Gasteiger partial charge < -0.3 is 10.1 Å². The van der Waals surface area contributed by atoms with Crippen molar-refractivity contribution in [3.05, 3.63) is 35.1 Å². The second kappa shape index (κ2) is 5.81. The van der Waals surface area contributed by atoms with Crippen molar-refractivity contribution in [2.24, 2.45) is 0 Å². The molecule has 0 bridgehead atoms. The van der Waals surface area contributed by atoms with E-state index in [1.54, 1.807) is 6.07 Å². The van der Waals surface area contributed by atoms with Crippen LogP contribution in [0, 0.1) is 5.82 Å². The summed E-state index contributed by atoms with van der Waals surface area (Å²) in [5, 5.41) is 2.82. The Morgan fingerprint density at radius 2 is 2.19 bits per heavy atom. The lowest BCUT2D eigenvalue weighted by atomic mass is 9.97. The second-order valence-corrected chi connectivity index (χ2v) is 5.54. The maximum atomic E-state index is 13.9. The topological polar surface area (TPSA) is 58.6 Å². The molecule has 114 valence electrons. The Balaban J connectivity index is 2.18. The predicted octanol–water partition coefficient (Wildman–Crippen LogP) is 1.32. The van der Waals surface area contributed by atoms with Gasteiger partial charge in [-0.15, -0.1) is 0 Å². The highest BCUT2D eigenvalue weighted by Crippen LogP contribution is 2.21. The Kier molecular flexibility index (Phi) is 4.27. The summed E-state index contributed by atoms with van der Waals surface area (Å²) in [5.74, 6) is -1.35. The third-order valence-electron chi connectivity index (χ3n) is 3.83. The number of nitrogens with one attached hydrogen (secondary N) is 1. The number of ether oxygens (including phenoxy) is 1. The number of hydrogen-bond donors (Lipinski definition) is 1. The van der Waals surface area contributed by atoms with Crippen LogP contribution in [0.25, 0.3) is 0 Å². The van der Waals surface area contributed by atoms with Gasteiger partial charge in [-0.05, 0) is 31.5 Å². The van der Waals surface area contributed by atoms with E-state index in [1.807, 2.05) is 18.7 Å². The van der Waals surface area contributed by atoms with Gasteiger partial charge in [-0.3, -0.25) is 9.69 Å². The van der Waals surface area contributed by atoms with E-state index in [9.17, 15) is 14.0 Å². The Labute approximate surface area is 123 Å². The average molecular weight is 294 g/mol. The van der Waals surface area contributed by atoms with Crippen LogP contribution in [0.2, 0.25) is 0 Å². The molecule has 1 amide bonds. The van der Waals surface area contributed by atoms with E-state index in [2.05, 4.69) is 10.1 Å². The Hall–Kier alpha value is -1.95. The highest BCUT2D eigenvalue weighted by Gasteiger charge is 2.37. The van der Waals surface area contributed by atoms with Gasteiger partial charge in [0.05, 0.1) is 18.2 Å². The third kappa shape index (κ3) is 3.05. The molecule has 0 aliphatic carbocycles. The van der Waals surface area contributed by atoms with Crippen molar-refractivity contribution in [2.75, 3.05) is 20.2 Å². The monoisotopic (exact) mass is 294 g/mol. The zero-order valence-electron chi connectivity index (χ0n) is 12.4. The summed E-state index contributed by atoms with van der Waals surface area (Å²) in [7, 11) is 1.21. The maximum Gasteiger partial charge on any atom is 0.340 e. The SMILES string of the molecule is COC(=O)c1ccc(CN2CCNC(=O)C2(C)C)cc1F. The van der Waals surface area contributed by atoms with Crippen LogP contribution >= 0.6 is 0 Å². The van der Waals surface area contributed by atoms with Gasteiger partial charge in [-0.1, -0.05) is 6.07 Å². The van der Waals surface area contributed by atoms with E-state index >= 15 is 0 Å². The van der Waals surface area contributed by atoms with Crippen molar-refractivity contribution in [1.82, 2.24) is 10.2 Å². The summed E-state index contributed by atoms with van der Waals surface area (Å²) in [5.41, 5.74) is -0.0183. The third-order valence-corrected chi connectivity index (χ3v) is 3.83. The molecule has 0 saturated carbocycles. The molecule has 1 saturated heterocycles. The van der Waals surface area contributed by atoms with E-state index in [0.717, 1.165) is 0 Å². The highest BCUT2D eigenvalue weighted by molar-refractivity contribution is 5.89. The lowest BCUT2D eigenvalue weighted by Gasteiger charge is -2.41. The minimum Gasteiger partial charge on any atom is -0.465 e. The van der Waals surface area contributed by atoms with Crippen LogP contribution in [-0.4, -0.2) is 42.5 Å². The Morgan fingerprint density at radius 3 is 2.81 bits per heavy atom. The molecule has 5 nitrogen and oxygen atoms in total. The zero-order valence-corrected chi connectivity index (χ0v) is 12.4. The van der Waals surface area contributed by atoms with Gasteiger partial charge in [0.2, 0.25) is 5.91 Å². The second-order valence-electron chi connectivity index (χ2n) is 5.54. The summed E-state index contributed by atoms with van der Waals surface area (Å²) in [6.07, 6.45) is 0. The van der Waals surface area contributed by atoms with E-state index in [0.29, 0.717) is 25.2 Å². The van der Waals surface area contributed by atoms with Crippen molar-refractivity contribution in [3.63, 3.8) is 0 Å². The first-order valence-corrected chi connectivity index (χ1v) is 6.76. The average Bonchev–Trinajstić information content (AvgIpc) is 2.44. The maximum absolute atomic E-state index is 13.9. The van der Waals surface area contributed by atoms with Crippen LogP contribution in [0.3, 0.4) is 0 Å². The molecule has 2 rings (SSSR count). The van der Waals surface area contributed by atoms with Crippen LogP contribution in [0.1, 0.15) is 29.8 Å². The van der Waals surface area contributed by atoms with Gasteiger partial charge in [-0.25, -0.2) is 9.18 Å². The van der Waals surface area contributed by atoms with Crippen LogP contribution in [0.4, 0.5) is 4.39 Å². The van der Waals surface area contributed by atoms with Gasteiger partial charge in [0.15, 0.2) is 0 Å². The molecule has 0 aromatic heterocycles. The number of hydrogen-bond acceptors (Lipinski definition) is 4. The van der Waals surface area contributed by atoms with Gasteiger partial charge in [0.1, 0.15) is 5.82 Å². The molecular weight excluding hydrogens is 275 g/mol. The fourth-order valence-electron chi connectivity index (χ4n) is 2.37. The first-order valence-electron chi connectivity index (χ1n) is 6.76. The fraction of sp³-hybridized carbons (Fsp3) is 0.467. The number of methoxy groups -OCH3 is 1. The standard InChI is InChI=1S/C15H19FN2O3/c1-15(2)14(20)17-6-7-18(15)9-10-4-5-11(12(16)8-10)13(19)21-3/h4-5,8H,6-7,9H2,1-3H3,(H,17,20). The molecule has 21 heavy (non-hydrogen) atoms. The van der Waals surface area contributed by atoms with Crippen LogP contribution in [0.15, 0.2) is 18.2 Å². The lowest BCUT2D eigenvalue weighted by molar-refractivity contribution is -0.135.